The zero-order chi connectivity index (χ0) is 13.3. The maximum atomic E-state index is 13.1. The minimum absolute atomic E-state index is 0.156. The standard InChI is InChI=1S/C12H10F2N2O2/c1-2-9-6-11(12(17)18)15-16(9)10-4-7(13)3-8(14)5-10/h3-6H,2H2,1H3,(H,17,18). The molecule has 0 aliphatic rings. The zero-order valence-electron chi connectivity index (χ0n) is 9.52. The quantitative estimate of drug-likeness (QED) is 0.912. The van der Waals surface area contributed by atoms with Crippen molar-refractivity contribution in [3.8, 4) is 5.69 Å². The smallest absolute Gasteiger partial charge is 0.356 e. The Morgan fingerprint density at radius 2 is 1.89 bits per heavy atom. The molecular weight excluding hydrogens is 242 g/mol. The highest BCUT2D eigenvalue weighted by Gasteiger charge is 2.14. The predicted molar refractivity (Wildman–Crippen MR) is 59.8 cm³/mol. The van der Waals surface area contributed by atoms with Gasteiger partial charge < -0.3 is 5.11 Å². The summed E-state index contributed by atoms with van der Waals surface area (Å²) in [7, 11) is 0. The number of benzene rings is 1. The van der Waals surface area contributed by atoms with E-state index in [4.69, 9.17) is 5.11 Å². The van der Waals surface area contributed by atoms with Crippen LogP contribution >= 0.6 is 0 Å². The molecule has 0 unspecified atom stereocenters. The second kappa shape index (κ2) is 4.56. The summed E-state index contributed by atoms with van der Waals surface area (Å²) in [6.07, 6.45) is 0.498. The van der Waals surface area contributed by atoms with Crippen LogP contribution in [0.2, 0.25) is 0 Å². The summed E-state index contributed by atoms with van der Waals surface area (Å²) < 4.78 is 27.5. The van der Waals surface area contributed by atoms with Crippen LogP contribution in [-0.4, -0.2) is 20.9 Å². The van der Waals surface area contributed by atoms with Crippen LogP contribution in [0.4, 0.5) is 8.78 Å². The van der Waals surface area contributed by atoms with Crippen LogP contribution in [0.5, 0.6) is 0 Å². The molecule has 2 rings (SSSR count). The summed E-state index contributed by atoms with van der Waals surface area (Å²) >= 11 is 0. The van der Waals surface area contributed by atoms with Crippen LogP contribution in [0, 0.1) is 11.6 Å². The molecule has 0 fully saturated rings. The molecule has 0 aliphatic carbocycles. The van der Waals surface area contributed by atoms with Crippen LogP contribution in [0.3, 0.4) is 0 Å². The van der Waals surface area contributed by atoms with E-state index >= 15 is 0 Å². The number of hydrogen-bond donors (Lipinski definition) is 1. The lowest BCUT2D eigenvalue weighted by Crippen LogP contribution is -2.04. The van der Waals surface area contributed by atoms with Gasteiger partial charge in [-0.1, -0.05) is 6.92 Å². The second-order valence-electron chi connectivity index (χ2n) is 3.72. The van der Waals surface area contributed by atoms with Crippen molar-refractivity contribution in [2.24, 2.45) is 0 Å². The topological polar surface area (TPSA) is 55.1 Å². The van der Waals surface area contributed by atoms with Gasteiger partial charge in [0.05, 0.1) is 5.69 Å². The van der Waals surface area contributed by atoms with E-state index in [-0.39, 0.29) is 11.4 Å². The van der Waals surface area contributed by atoms with Crippen molar-refractivity contribution in [3.05, 3.63) is 47.3 Å². The summed E-state index contributed by atoms with van der Waals surface area (Å²) in [5, 5.41) is 12.7. The Morgan fingerprint density at radius 1 is 1.28 bits per heavy atom. The highest BCUT2D eigenvalue weighted by molar-refractivity contribution is 5.85. The Bertz CT molecular complexity index is 588. The molecule has 0 radical (unpaired) electrons. The summed E-state index contributed by atoms with van der Waals surface area (Å²) in [6, 6.07) is 4.32. The third kappa shape index (κ3) is 2.22. The van der Waals surface area contributed by atoms with Gasteiger partial charge in [-0.3, -0.25) is 0 Å². The molecule has 0 bridgehead atoms. The Balaban J connectivity index is 2.58. The van der Waals surface area contributed by atoms with Gasteiger partial charge in [0.1, 0.15) is 11.6 Å². The van der Waals surface area contributed by atoms with Gasteiger partial charge in [-0.15, -0.1) is 0 Å². The van der Waals surface area contributed by atoms with E-state index in [1.807, 2.05) is 0 Å². The summed E-state index contributed by atoms with van der Waals surface area (Å²) in [5.41, 5.74) is 0.575. The van der Waals surface area contributed by atoms with Crippen LogP contribution in [-0.2, 0) is 6.42 Å². The average molecular weight is 252 g/mol. The highest BCUT2D eigenvalue weighted by atomic mass is 19.1. The van der Waals surface area contributed by atoms with Gasteiger partial charge in [-0.25, -0.2) is 18.3 Å². The minimum atomic E-state index is -1.18. The van der Waals surface area contributed by atoms with E-state index in [1.165, 1.54) is 10.7 Å². The third-order valence-electron chi connectivity index (χ3n) is 2.46. The Kier molecular flexibility index (Phi) is 3.10. The molecule has 2 aromatic rings. The second-order valence-corrected chi connectivity index (χ2v) is 3.72. The van der Waals surface area contributed by atoms with Gasteiger partial charge in [0.15, 0.2) is 5.69 Å². The number of carbonyl (C=O) groups is 1. The van der Waals surface area contributed by atoms with Crippen LogP contribution in [0.15, 0.2) is 24.3 Å². The first-order chi connectivity index (χ1) is 8.51. The SMILES string of the molecule is CCc1cc(C(=O)O)nn1-c1cc(F)cc(F)c1. The van der Waals surface area contributed by atoms with Gasteiger partial charge in [0.2, 0.25) is 0 Å². The van der Waals surface area contributed by atoms with Crippen LogP contribution < -0.4 is 0 Å². The lowest BCUT2D eigenvalue weighted by atomic mass is 10.2. The fraction of sp³-hybridized carbons (Fsp3) is 0.167. The number of aryl methyl sites for hydroxylation is 1. The normalized spacial score (nSPS) is 10.6. The van der Waals surface area contributed by atoms with Gasteiger partial charge in [-0.2, -0.15) is 5.10 Å². The van der Waals surface area contributed by atoms with Crippen molar-refractivity contribution < 1.29 is 18.7 Å². The monoisotopic (exact) mass is 252 g/mol. The molecule has 0 atom stereocenters. The first-order valence-electron chi connectivity index (χ1n) is 5.30. The number of nitrogens with zero attached hydrogens (tertiary/aromatic N) is 2. The molecule has 4 nitrogen and oxygen atoms in total. The van der Waals surface area contributed by atoms with Crippen molar-refractivity contribution in [2.45, 2.75) is 13.3 Å². The fourth-order valence-electron chi connectivity index (χ4n) is 1.66. The van der Waals surface area contributed by atoms with E-state index in [2.05, 4.69) is 5.10 Å². The number of carboxylic acid groups (broad SMARTS) is 1. The van der Waals surface area contributed by atoms with Crippen LogP contribution in [0.25, 0.3) is 5.69 Å². The summed E-state index contributed by atoms with van der Waals surface area (Å²) in [5.74, 6) is -2.65. The molecular formula is C12H10F2N2O2. The number of carboxylic acids is 1. The molecule has 0 amide bonds. The van der Waals surface area contributed by atoms with E-state index < -0.39 is 17.6 Å². The summed E-state index contributed by atoms with van der Waals surface area (Å²) in [4.78, 5) is 10.8. The molecule has 1 aromatic heterocycles. The molecule has 94 valence electrons. The number of halogens is 2. The maximum Gasteiger partial charge on any atom is 0.356 e. The molecule has 6 heteroatoms. The molecule has 0 spiro atoms. The van der Waals surface area contributed by atoms with Crippen LogP contribution in [0.1, 0.15) is 23.1 Å². The Labute approximate surface area is 101 Å². The van der Waals surface area contributed by atoms with E-state index in [9.17, 15) is 13.6 Å². The number of hydrogen-bond acceptors (Lipinski definition) is 2. The van der Waals surface area contributed by atoms with Gasteiger partial charge in [0, 0.05) is 11.8 Å². The van der Waals surface area contributed by atoms with E-state index in [0.29, 0.717) is 12.1 Å². The van der Waals surface area contributed by atoms with Crippen molar-refractivity contribution in [2.75, 3.05) is 0 Å². The van der Waals surface area contributed by atoms with Crippen molar-refractivity contribution in [1.29, 1.82) is 0 Å². The third-order valence-corrected chi connectivity index (χ3v) is 2.46. The summed E-state index contributed by atoms with van der Waals surface area (Å²) in [6.45, 7) is 1.80. The highest BCUT2D eigenvalue weighted by Crippen LogP contribution is 2.16. The Hall–Kier alpha value is -2.24. The predicted octanol–water partition coefficient (Wildman–Crippen LogP) is 2.41. The largest absolute Gasteiger partial charge is 0.476 e. The van der Waals surface area contributed by atoms with E-state index in [1.54, 1.807) is 6.92 Å². The van der Waals surface area contributed by atoms with Crippen molar-refractivity contribution >= 4 is 5.97 Å². The van der Waals surface area contributed by atoms with E-state index in [0.717, 1.165) is 18.2 Å². The molecule has 0 saturated carbocycles. The van der Waals surface area contributed by atoms with Gasteiger partial charge in [0.25, 0.3) is 0 Å². The van der Waals surface area contributed by atoms with Crippen molar-refractivity contribution in [3.63, 3.8) is 0 Å². The maximum absolute atomic E-state index is 13.1. The molecule has 0 aliphatic heterocycles. The molecule has 1 aromatic carbocycles. The Morgan fingerprint density at radius 3 is 2.39 bits per heavy atom. The molecule has 18 heavy (non-hydrogen) atoms. The minimum Gasteiger partial charge on any atom is -0.476 e. The lowest BCUT2D eigenvalue weighted by molar-refractivity contribution is 0.0690. The molecule has 0 saturated heterocycles. The fourth-order valence-corrected chi connectivity index (χ4v) is 1.66. The average Bonchev–Trinajstić information content (AvgIpc) is 2.71. The molecule has 1 heterocycles. The number of rotatable bonds is 3. The van der Waals surface area contributed by atoms with Crippen molar-refractivity contribution in [1.82, 2.24) is 9.78 Å². The first kappa shape index (κ1) is 12.2. The van der Waals surface area contributed by atoms with Gasteiger partial charge >= 0.3 is 5.97 Å². The number of aromatic nitrogens is 2. The zero-order valence-corrected chi connectivity index (χ0v) is 9.52. The lowest BCUT2D eigenvalue weighted by Gasteiger charge is -2.05. The first-order valence-corrected chi connectivity index (χ1v) is 5.30. The van der Waals surface area contributed by atoms with Gasteiger partial charge in [-0.05, 0) is 24.6 Å². The number of aromatic carboxylic acids is 1. The molecule has 1 N–H and O–H groups in total.